The fourth-order valence-electron chi connectivity index (χ4n) is 1.88. The van der Waals surface area contributed by atoms with E-state index in [1.54, 1.807) is 17.4 Å². The molecule has 0 fully saturated rings. The van der Waals surface area contributed by atoms with Gasteiger partial charge in [0.05, 0.1) is 17.3 Å². The summed E-state index contributed by atoms with van der Waals surface area (Å²) in [6, 6.07) is 8.56. The Hall–Kier alpha value is -1.40. The number of hydrogen-bond donors (Lipinski definition) is 1. The van der Waals surface area contributed by atoms with Crippen LogP contribution < -0.4 is 10.1 Å². The molecule has 1 amide bonds. The highest BCUT2D eigenvalue weighted by molar-refractivity contribution is 9.11. The van der Waals surface area contributed by atoms with Gasteiger partial charge in [-0.15, -0.1) is 11.3 Å². The van der Waals surface area contributed by atoms with Crippen molar-refractivity contribution in [2.45, 2.75) is 12.8 Å². The lowest BCUT2D eigenvalue weighted by Gasteiger charge is -2.06. The molecule has 0 aliphatic carbocycles. The number of rotatable bonds is 6. The Bertz CT molecular complexity index is 630. The first-order valence-corrected chi connectivity index (χ1v) is 8.03. The van der Waals surface area contributed by atoms with Gasteiger partial charge < -0.3 is 10.1 Å². The monoisotopic (exact) mass is 371 g/mol. The number of hydrogen-bond acceptors (Lipinski definition) is 3. The second kappa shape index (κ2) is 7.56. The summed E-state index contributed by atoms with van der Waals surface area (Å²) in [5, 5.41) is 2.84. The SMILES string of the molecule is COc1ccc(CC(=O)NCCc2ccc(Br)s2)cc1F. The number of amides is 1. The third-order valence-corrected chi connectivity index (χ3v) is 4.59. The molecule has 1 aromatic heterocycles. The minimum atomic E-state index is -0.453. The molecule has 6 heteroatoms. The molecule has 0 aliphatic rings. The molecular weight excluding hydrogens is 357 g/mol. The predicted octanol–water partition coefficient (Wildman–Crippen LogP) is 3.56. The van der Waals surface area contributed by atoms with E-state index >= 15 is 0 Å². The van der Waals surface area contributed by atoms with Gasteiger partial charge in [0.1, 0.15) is 0 Å². The first-order chi connectivity index (χ1) is 10.1. The van der Waals surface area contributed by atoms with E-state index in [1.807, 2.05) is 12.1 Å². The second-order valence-electron chi connectivity index (χ2n) is 4.45. The van der Waals surface area contributed by atoms with Crippen LogP contribution >= 0.6 is 27.3 Å². The van der Waals surface area contributed by atoms with Crippen LogP contribution in [-0.4, -0.2) is 19.6 Å². The van der Waals surface area contributed by atoms with E-state index in [0.717, 1.165) is 10.2 Å². The molecule has 0 atom stereocenters. The van der Waals surface area contributed by atoms with Crippen molar-refractivity contribution in [3.8, 4) is 5.75 Å². The van der Waals surface area contributed by atoms with Gasteiger partial charge in [0.25, 0.3) is 0 Å². The Kier molecular flexibility index (Phi) is 5.76. The van der Waals surface area contributed by atoms with Crippen LogP contribution in [0.3, 0.4) is 0 Å². The van der Waals surface area contributed by atoms with Crippen molar-refractivity contribution in [3.05, 3.63) is 50.4 Å². The Balaban J connectivity index is 1.80. The molecule has 1 aromatic carbocycles. The quantitative estimate of drug-likeness (QED) is 0.842. The van der Waals surface area contributed by atoms with Crippen LogP contribution in [0.25, 0.3) is 0 Å². The molecule has 2 aromatic rings. The van der Waals surface area contributed by atoms with E-state index in [-0.39, 0.29) is 18.1 Å². The first kappa shape index (κ1) is 16.0. The molecule has 1 N–H and O–H groups in total. The normalized spacial score (nSPS) is 10.4. The summed E-state index contributed by atoms with van der Waals surface area (Å²) < 4.78 is 19.4. The lowest BCUT2D eigenvalue weighted by atomic mass is 10.1. The van der Waals surface area contributed by atoms with Crippen LogP contribution in [0.15, 0.2) is 34.1 Å². The molecule has 0 saturated carbocycles. The number of carbonyl (C=O) groups excluding carboxylic acids is 1. The number of carbonyl (C=O) groups is 1. The summed E-state index contributed by atoms with van der Waals surface area (Å²) in [6.45, 7) is 0.574. The van der Waals surface area contributed by atoms with E-state index in [0.29, 0.717) is 12.1 Å². The van der Waals surface area contributed by atoms with Crippen molar-refractivity contribution in [1.82, 2.24) is 5.32 Å². The molecule has 0 unspecified atom stereocenters. The molecule has 1 heterocycles. The Morgan fingerprint density at radius 1 is 1.38 bits per heavy atom. The van der Waals surface area contributed by atoms with Crippen molar-refractivity contribution < 1.29 is 13.9 Å². The molecule has 0 spiro atoms. The molecule has 112 valence electrons. The van der Waals surface area contributed by atoms with E-state index in [1.165, 1.54) is 24.1 Å². The van der Waals surface area contributed by atoms with Gasteiger partial charge in [-0.3, -0.25) is 4.79 Å². The van der Waals surface area contributed by atoms with Crippen LogP contribution in [0.2, 0.25) is 0 Å². The van der Waals surface area contributed by atoms with Crippen LogP contribution in [-0.2, 0) is 17.6 Å². The number of nitrogens with one attached hydrogen (secondary N) is 1. The van der Waals surface area contributed by atoms with E-state index < -0.39 is 5.82 Å². The van der Waals surface area contributed by atoms with Crippen LogP contribution in [0.1, 0.15) is 10.4 Å². The molecular formula is C15H15BrFNO2S. The topological polar surface area (TPSA) is 38.3 Å². The van der Waals surface area contributed by atoms with Crippen molar-refractivity contribution in [2.75, 3.05) is 13.7 Å². The average Bonchev–Trinajstić information content (AvgIpc) is 2.84. The molecule has 0 saturated heterocycles. The van der Waals surface area contributed by atoms with Crippen molar-refractivity contribution >= 4 is 33.2 Å². The van der Waals surface area contributed by atoms with Gasteiger partial charge >= 0.3 is 0 Å². The average molecular weight is 372 g/mol. The minimum absolute atomic E-state index is 0.116. The maximum atomic E-state index is 13.5. The third-order valence-electron chi connectivity index (χ3n) is 2.90. The van der Waals surface area contributed by atoms with Gasteiger partial charge in [-0.2, -0.15) is 0 Å². The van der Waals surface area contributed by atoms with Crippen LogP contribution in [0.5, 0.6) is 5.75 Å². The molecule has 3 nitrogen and oxygen atoms in total. The summed E-state index contributed by atoms with van der Waals surface area (Å²) >= 11 is 5.05. The van der Waals surface area contributed by atoms with Crippen LogP contribution in [0.4, 0.5) is 4.39 Å². The summed E-state index contributed by atoms with van der Waals surface area (Å²) in [5.74, 6) is -0.385. The van der Waals surface area contributed by atoms with Gasteiger partial charge in [0.15, 0.2) is 11.6 Å². The molecule has 21 heavy (non-hydrogen) atoms. The number of halogens is 2. The smallest absolute Gasteiger partial charge is 0.224 e. The lowest BCUT2D eigenvalue weighted by Crippen LogP contribution is -2.27. The minimum Gasteiger partial charge on any atom is -0.494 e. The van der Waals surface area contributed by atoms with E-state index in [2.05, 4.69) is 21.2 Å². The van der Waals surface area contributed by atoms with Gasteiger partial charge in [-0.1, -0.05) is 6.07 Å². The highest BCUT2D eigenvalue weighted by atomic mass is 79.9. The van der Waals surface area contributed by atoms with E-state index in [4.69, 9.17) is 4.74 Å². The Labute approximate surface area is 135 Å². The third kappa shape index (κ3) is 4.82. The highest BCUT2D eigenvalue weighted by Gasteiger charge is 2.07. The predicted molar refractivity (Wildman–Crippen MR) is 85.4 cm³/mol. The summed E-state index contributed by atoms with van der Waals surface area (Å²) in [6.07, 6.45) is 0.952. The fraction of sp³-hybridized carbons (Fsp3) is 0.267. The standard InChI is InChI=1S/C15H15BrFNO2S/c1-20-13-4-2-10(8-12(13)17)9-15(19)18-7-6-11-3-5-14(16)21-11/h2-5,8H,6-7,9H2,1H3,(H,18,19). The zero-order valence-corrected chi connectivity index (χ0v) is 13.9. The molecule has 0 radical (unpaired) electrons. The van der Waals surface area contributed by atoms with E-state index in [9.17, 15) is 9.18 Å². The number of methoxy groups -OCH3 is 1. The molecule has 0 bridgehead atoms. The van der Waals surface area contributed by atoms with Gasteiger partial charge in [-0.05, 0) is 52.2 Å². The van der Waals surface area contributed by atoms with Crippen LogP contribution in [0, 0.1) is 5.82 Å². The Morgan fingerprint density at radius 2 is 2.19 bits per heavy atom. The number of benzene rings is 1. The highest BCUT2D eigenvalue weighted by Crippen LogP contribution is 2.22. The fourth-order valence-corrected chi connectivity index (χ4v) is 3.36. The van der Waals surface area contributed by atoms with Crippen molar-refractivity contribution in [2.24, 2.45) is 0 Å². The lowest BCUT2D eigenvalue weighted by molar-refractivity contribution is -0.120. The maximum absolute atomic E-state index is 13.5. The summed E-state index contributed by atoms with van der Waals surface area (Å²) in [7, 11) is 1.41. The number of thiophene rings is 1. The number of ether oxygens (including phenoxy) is 1. The maximum Gasteiger partial charge on any atom is 0.224 e. The molecule has 2 rings (SSSR count). The van der Waals surface area contributed by atoms with Gasteiger partial charge in [0.2, 0.25) is 5.91 Å². The van der Waals surface area contributed by atoms with Gasteiger partial charge in [-0.25, -0.2) is 4.39 Å². The van der Waals surface area contributed by atoms with Gasteiger partial charge in [0, 0.05) is 11.4 Å². The zero-order chi connectivity index (χ0) is 15.2. The second-order valence-corrected chi connectivity index (χ2v) is 7.00. The summed E-state index contributed by atoms with van der Waals surface area (Å²) in [5.41, 5.74) is 0.629. The Morgan fingerprint density at radius 3 is 2.81 bits per heavy atom. The summed E-state index contributed by atoms with van der Waals surface area (Å²) in [4.78, 5) is 13.0. The van der Waals surface area contributed by atoms with Crippen molar-refractivity contribution in [1.29, 1.82) is 0 Å². The largest absolute Gasteiger partial charge is 0.494 e. The van der Waals surface area contributed by atoms with Crippen molar-refractivity contribution in [3.63, 3.8) is 0 Å². The molecule has 0 aliphatic heterocycles. The first-order valence-electron chi connectivity index (χ1n) is 6.42. The zero-order valence-electron chi connectivity index (χ0n) is 11.5.